The second-order valence-electron chi connectivity index (χ2n) is 4.34. The number of fused-ring (bicyclic) bond motifs is 1. The molecule has 0 bridgehead atoms. The number of aromatic nitrogens is 3. The van der Waals surface area contributed by atoms with E-state index in [1.54, 1.807) is 19.5 Å². The fourth-order valence-corrected chi connectivity index (χ4v) is 2.05. The van der Waals surface area contributed by atoms with Gasteiger partial charge in [0.05, 0.1) is 18.8 Å². The first-order valence-electron chi connectivity index (χ1n) is 6.36. The van der Waals surface area contributed by atoms with E-state index in [9.17, 15) is 0 Å². The van der Waals surface area contributed by atoms with Crippen LogP contribution in [0.1, 0.15) is 0 Å². The summed E-state index contributed by atoms with van der Waals surface area (Å²) in [6.07, 6.45) is 8.67. The third-order valence-electron chi connectivity index (χ3n) is 3.03. The van der Waals surface area contributed by atoms with Crippen LogP contribution in [0.5, 0.6) is 11.5 Å². The zero-order chi connectivity index (χ0) is 14.7. The molecule has 1 N–H and O–H groups in total. The molecule has 3 aromatic rings. The lowest BCUT2D eigenvalue weighted by molar-refractivity contribution is 0.331. The number of hydrogen-bond acceptors (Lipinski definition) is 4. The number of benzene rings is 1. The quantitative estimate of drug-likeness (QED) is 0.746. The molecule has 0 aliphatic carbocycles. The minimum Gasteiger partial charge on any atom is -0.493 e. The Labute approximate surface area is 122 Å². The number of aromatic amines is 1. The van der Waals surface area contributed by atoms with Crippen molar-refractivity contribution in [1.29, 1.82) is 0 Å². The van der Waals surface area contributed by atoms with Crippen molar-refractivity contribution in [3.63, 3.8) is 0 Å². The van der Waals surface area contributed by atoms with Gasteiger partial charge in [-0.3, -0.25) is 4.98 Å². The molecule has 0 radical (unpaired) electrons. The van der Waals surface area contributed by atoms with E-state index >= 15 is 0 Å². The van der Waals surface area contributed by atoms with Gasteiger partial charge in [0.15, 0.2) is 11.5 Å². The highest BCUT2D eigenvalue weighted by Gasteiger charge is 2.10. The van der Waals surface area contributed by atoms with Gasteiger partial charge in [-0.25, -0.2) is 4.98 Å². The molecule has 5 heteroatoms. The Kier molecular flexibility index (Phi) is 3.44. The lowest BCUT2D eigenvalue weighted by Crippen LogP contribution is -1.97. The van der Waals surface area contributed by atoms with Gasteiger partial charge in [0.2, 0.25) is 0 Å². The van der Waals surface area contributed by atoms with Crippen LogP contribution in [0.3, 0.4) is 0 Å². The molecule has 0 saturated carbocycles. The van der Waals surface area contributed by atoms with E-state index in [0.29, 0.717) is 11.5 Å². The predicted octanol–water partition coefficient (Wildman–Crippen LogP) is 2.65. The Morgan fingerprint density at radius 1 is 1.29 bits per heavy atom. The van der Waals surface area contributed by atoms with Crippen molar-refractivity contribution in [2.24, 2.45) is 0 Å². The Balaban J connectivity index is 2.03. The summed E-state index contributed by atoms with van der Waals surface area (Å²) in [6.45, 7) is 0.184. The van der Waals surface area contributed by atoms with Crippen molar-refractivity contribution < 1.29 is 9.47 Å². The molecular formula is C16H13N3O2. The number of terminal acetylenes is 1. The maximum Gasteiger partial charge on any atom is 0.163 e. The summed E-state index contributed by atoms with van der Waals surface area (Å²) in [5.41, 5.74) is 2.63. The topological polar surface area (TPSA) is 60.0 Å². The standard InChI is InChI=1S/C16H13N3O2/c1-3-8-21-15-9-11(4-5-14(15)20-2)16-18-12-6-7-17-10-13(12)19-16/h1,4-7,9-10H,8H2,2H3,(H,18,19). The minimum absolute atomic E-state index is 0.184. The number of ether oxygens (including phenoxy) is 2. The molecule has 2 aromatic heterocycles. The molecule has 104 valence electrons. The van der Waals surface area contributed by atoms with Crippen molar-refractivity contribution in [3.05, 3.63) is 36.7 Å². The van der Waals surface area contributed by atoms with Gasteiger partial charge < -0.3 is 14.5 Å². The van der Waals surface area contributed by atoms with Gasteiger partial charge in [0.25, 0.3) is 0 Å². The van der Waals surface area contributed by atoms with Crippen molar-refractivity contribution in [3.8, 4) is 35.2 Å². The molecule has 1 aromatic carbocycles. The first kappa shape index (κ1) is 13.0. The van der Waals surface area contributed by atoms with E-state index in [-0.39, 0.29) is 6.61 Å². The summed E-state index contributed by atoms with van der Waals surface area (Å²) in [6, 6.07) is 7.46. The van der Waals surface area contributed by atoms with Crippen molar-refractivity contribution >= 4 is 11.0 Å². The molecular weight excluding hydrogens is 266 g/mol. The maximum atomic E-state index is 5.50. The van der Waals surface area contributed by atoms with Crippen LogP contribution < -0.4 is 9.47 Å². The zero-order valence-corrected chi connectivity index (χ0v) is 11.5. The average Bonchev–Trinajstić information content (AvgIpc) is 2.96. The van der Waals surface area contributed by atoms with Crippen molar-refractivity contribution in [2.75, 3.05) is 13.7 Å². The summed E-state index contributed by atoms with van der Waals surface area (Å²) in [5, 5.41) is 0. The average molecular weight is 279 g/mol. The maximum absolute atomic E-state index is 5.50. The normalized spacial score (nSPS) is 10.3. The third-order valence-corrected chi connectivity index (χ3v) is 3.03. The highest BCUT2D eigenvalue weighted by Crippen LogP contribution is 2.32. The van der Waals surface area contributed by atoms with E-state index in [1.165, 1.54) is 0 Å². The number of hydrogen-bond donors (Lipinski definition) is 1. The molecule has 0 fully saturated rings. The third kappa shape index (κ3) is 2.51. The van der Waals surface area contributed by atoms with Crippen molar-refractivity contribution in [1.82, 2.24) is 15.0 Å². The molecule has 0 unspecified atom stereocenters. The highest BCUT2D eigenvalue weighted by molar-refractivity contribution is 5.78. The molecule has 0 amide bonds. The van der Waals surface area contributed by atoms with Crippen LogP contribution in [-0.4, -0.2) is 28.7 Å². The molecule has 0 atom stereocenters. The largest absolute Gasteiger partial charge is 0.493 e. The second-order valence-corrected chi connectivity index (χ2v) is 4.34. The molecule has 0 aliphatic rings. The highest BCUT2D eigenvalue weighted by atomic mass is 16.5. The fourth-order valence-electron chi connectivity index (χ4n) is 2.05. The summed E-state index contributed by atoms with van der Waals surface area (Å²) in [5.74, 6) is 4.40. The monoisotopic (exact) mass is 279 g/mol. The number of imidazole rings is 1. The van der Waals surface area contributed by atoms with Gasteiger partial charge in [-0.15, -0.1) is 6.42 Å². The second kappa shape index (κ2) is 5.55. The molecule has 0 saturated heterocycles. The first-order valence-corrected chi connectivity index (χ1v) is 6.36. The molecule has 2 heterocycles. The zero-order valence-electron chi connectivity index (χ0n) is 11.5. The van der Waals surface area contributed by atoms with E-state index in [4.69, 9.17) is 15.9 Å². The lowest BCUT2D eigenvalue weighted by Gasteiger charge is -2.09. The molecule has 0 aliphatic heterocycles. The predicted molar refractivity (Wildman–Crippen MR) is 80.2 cm³/mol. The number of rotatable bonds is 4. The van der Waals surface area contributed by atoms with E-state index in [1.807, 2.05) is 24.3 Å². The van der Waals surface area contributed by atoms with Crippen LogP contribution in [0.4, 0.5) is 0 Å². The smallest absolute Gasteiger partial charge is 0.163 e. The summed E-state index contributed by atoms with van der Waals surface area (Å²) in [7, 11) is 1.59. The number of H-pyrrole nitrogens is 1. The van der Waals surface area contributed by atoms with Crippen LogP contribution >= 0.6 is 0 Å². The molecule has 21 heavy (non-hydrogen) atoms. The molecule has 0 spiro atoms. The van der Waals surface area contributed by atoms with E-state index < -0.39 is 0 Å². The number of nitrogens with one attached hydrogen (secondary N) is 1. The first-order chi connectivity index (χ1) is 10.3. The minimum atomic E-state index is 0.184. The molecule has 5 nitrogen and oxygen atoms in total. The molecule has 3 rings (SSSR count). The number of nitrogens with zero attached hydrogens (tertiary/aromatic N) is 2. The van der Waals surface area contributed by atoms with Gasteiger partial charge in [0.1, 0.15) is 17.9 Å². The summed E-state index contributed by atoms with van der Waals surface area (Å²) < 4.78 is 10.8. The van der Waals surface area contributed by atoms with Crippen LogP contribution in [-0.2, 0) is 0 Å². The van der Waals surface area contributed by atoms with Crippen molar-refractivity contribution in [2.45, 2.75) is 0 Å². The van der Waals surface area contributed by atoms with E-state index in [0.717, 1.165) is 22.4 Å². The number of pyridine rings is 1. The number of methoxy groups -OCH3 is 1. The summed E-state index contributed by atoms with van der Waals surface area (Å²) >= 11 is 0. The van der Waals surface area contributed by atoms with Crippen LogP contribution in [0, 0.1) is 12.3 Å². The Hall–Kier alpha value is -3.00. The lowest BCUT2D eigenvalue weighted by atomic mass is 10.2. The van der Waals surface area contributed by atoms with Gasteiger partial charge in [-0.1, -0.05) is 5.92 Å². The van der Waals surface area contributed by atoms with Gasteiger partial charge >= 0.3 is 0 Å². The van der Waals surface area contributed by atoms with Gasteiger partial charge in [-0.05, 0) is 24.3 Å². The van der Waals surface area contributed by atoms with E-state index in [2.05, 4.69) is 20.9 Å². The van der Waals surface area contributed by atoms with Crippen LogP contribution in [0.2, 0.25) is 0 Å². The van der Waals surface area contributed by atoms with Gasteiger partial charge in [-0.2, -0.15) is 0 Å². The van der Waals surface area contributed by atoms with Crippen LogP contribution in [0.15, 0.2) is 36.7 Å². The van der Waals surface area contributed by atoms with Crippen LogP contribution in [0.25, 0.3) is 22.4 Å². The Morgan fingerprint density at radius 3 is 2.95 bits per heavy atom. The summed E-state index contributed by atoms with van der Waals surface area (Å²) in [4.78, 5) is 11.8. The Bertz CT molecular complexity index is 785. The fraction of sp³-hybridized carbons (Fsp3) is 0.125. The van der Waals surface area contributed by atoms with Gasteiger partial charge in [0, 0.05) is 11.8 Å². The SMILES string of the molecule is C#CCOc1cc(-c2nc3cnccc3[nH]2)ccc1OC. The Morgan fingerprint density at radius 2 is 2.19 bits per heavy atom.